The minimum atomic E-state index is 0.500. The summed E-state index contributed by atoms with van der Waals surface area (Å²) < 4.78 is 0. The van der Waals surface area contributed by atoms with E-state index in [2.05, 4.69) is 47.2 Å². The van der Waals surface area contributed by atoms with Gasteiger partial charge in [-0.1, -0.05) is 41.4 Å². The molecule has 25 heavy (non-hydrogen) atoms. The Kier molecular flexibility index (Phi) is 5.72. The van der Waals surface area contributed by atoms with Gasteiger partial charge in [-0.15, -0.1) is 0 Å². The van der Waals surface area contributed by atoms with Crippen LogP contribution in [0.3, 0.4) is 0 Å². The third kappa shape index (κ3) is 4.02. The molecule has 0 unspecified atom stereocenters. The fourth-order valence-corrected chi connectivity index (χ4v) is 3.66. The van der Waals surface area contributed by atoms with Crippen LogP contribution in [0.2, 0.25) is 10.0 Å². The van der Waals surface area contributed by atoms with E-state index in [1.165, 1.54) is 16.8 Å². The second-order valence-corrected chi connectivity index (χ2v) is 7.40. The van der Waals surface area contributed by atoms with E-state index in [9.17, 15) is 0 Å². The normalized spacial score (nSPS) is 14.6. The molecule has 0 amide bonds. The monoisotopic (exact) mass is 393 g/mol. The van der Waals surface area contributed by atoms with Crippen molar-refractivity contribution in [2.75, 3.05) is 36.4 Å². The summed E-state index contributed by atoms with van der Waals surface area (Å²) in [7, 11) is 0. The lowest BCUT2D eigenvalue weighted by Crippen LogP contribution is -2.50. The molecule has 0 saturated carbocycles. The Bertz CT molecular complexity index is 786. The molecule has 1 heterocycles. The number of nitrogens with one attached hydrogen (secondary N) is 1. The Balaban J connectivity index is 1.63. The first kappa shape index (κ1) is 18.3. The Hall–Kier alpha value is -1.49. The van der Waals surface area contributed by atoms with Gasteiger partial charge < -0.3 is 15.1 Å². The molecule has 0 atom stereocenters. The number of hydrogen-bond acceptors (Lipinski definition) is 2. The predicted octanol–water partition coefficient (Wildman–Crippen LogP) is 5.13. The van der Waals surface area contributed by atoms with Gasteiger partial charge in [0.25, 0.3) is 0 Å². The van der Waals surface area contributed by atoms with Crippen molar-refractivity contribution >= 4 is 51.9 Å². The van der Waals surface area contributed by atoms with E-state index in [0.717, 1.165) is 31.9 Å². The van der Waals surface area contributed by atoms with Crippen LogP contribution in [-0.4, -0.2) is 36.2 Å². The quantitative estimate of drug-likeness (QED) is 0.712. The van der Waals surface area contributed by atoms with Crippen molar-refractivity contribution < 1.29 is 0 Å². The molecule has 1 aliphatic rings. The van der Waals surface area contributed by atoms with Crippen molar-refractivity contribution in [2.24, 2.45) is 0 Å². The molecular formula is C19H21Cl2N3S. The number of nitrogens with zero attached hydrogens (tertiary/aromatic N) is 2. The number of thiocarbonyl (C=S) groups is 1. The molecule has 0 spiro atoms. The van der Waals surface area contributed by atoms with Gasteiger partial charge in [-0.3, -0.25) is 0 Å². The number of halogens is 2. The average molecular weight is 394 g/mol. The maximum absolute atomic E-state index is 6.23. The summed E-state index contributed by atoms with van der Waals surface area (Å²) in [6, 6.07) is 12.0. The van der Waals surface area contributed by atoms with Crippen molar-refractivity contribution in [3.8, 4) is 0 Å². The van der Waals surface area contributed by atoms with Crippen molar-refractivity contribution in [3.05, 3.63) is 57.6 Å². The van der Waals surface area contributed by atoms with E-state index in [1.807, 2.05) is 12.1 Å². The molecule has 132 valence electrons. The highest BCUT2D eigenvalue weighted by Gasteiger charge is 2.21. The van der Waals surface area contributed by atoms with Gasteiger partial charge in [0.05, 0.1) is 15.7 Å². The highest BCUT2D eigenvalue weighted by atomic mass is 35.5. The smallest absolute Gasteiger partial charge is 0.173 e. The largest absolute Gasteiger partial charge is 0.368 e. The van der Waals surface area contributed by atoms with Crippen molar-refractivity contribution in [3.63, 3.8) is 0 Å². The number of anilines is 2. The third-order valence-electron chi connectivity index (χ3n) is 4.68. The van der Waals surface area contributed by atoms with E-state index in [0.29, 0.717) is 15.2 Å². The molecule has 1 aliphatic heterocycles. The van der Waals surface area contributed by atoms with Gasteiger partial charge in [-0.25, -0.2) is 0 Å². The Morgan fingerprint density at radius 1 is 1.00 bits per heavy atom. The lowest BCUT2D eigenvalue weighted by molar-refractivity contribution is 0.390. The van der Waals surface area contributed by atoms with Crippen molar-refractivity contribution in [1.29, 1.82) is 0 Å². The first-order chi connectivity index (χ1) is 12.0. The fourth-order valence-electron chi connectivity index (χ4n) is 3.02. The van der Waals surface area contributed by atoms with Gasteiger partial charge in [0.15, 0.2) is 5.11 Å². The molecule has 2 aromatic rings. The van der Waals surface area contributed by atoms with Gasteiger partial charge in [0.1, 0.15) is 0 Å². The second-order valence-electron chi connectivity index (χ2n) is 6.22. The molecule has 1 saturated heterocycles. The van der Waals surface area contributed by atoms with Crippen LogP contribution in [-0.2, 0) is 0 Å². The van der Waals surface area contributed by atoms with Gasteiger partial charge >= 0.3 is 0 Å². The van der Waals surface area contributed by atoms with E-state index >= 15 is 0 Å². The van der Waals surface area contributed by atoms with E-state index in [1.54, 1.807) is 6.07 Å². The van der Waals surface area contributed by atoms with Gasteiger partial charge in [-0.2, -0.15) is 0 Å². The minimum Gasteiger partial charge on any atom is -0.368 e. The van der Waals surface area contributed by atoms with Crippen LogP contribution in [0.5, 0.6) is 0 Å². The summed E-state index contributed by atoms with van der Waals surface area (Å²) in [5.74, 6) is 0. The zero-order chi connectivity index (χ0) is 18.0. The number of aryl methyl sites for hydroxylation is 1. The van der Waals surface area contributed by atoms with Crippen molar-refractivity contribution in [2.45, 2.75) is 13.8 Å². The first-order valence-corrected chi connectivity index (χ1v) is 9.45. The van der Waals surface area contributed by atoms with Crippen molar-refractivity contribution in [1.82, 2.24) is 4.90 Å². The molecule has 3 rings (SSSR count). The lowest BCUT2D eigenvalue weighted by atomic mass is 10.1. The molecule has 0 bridgehead atoms. The molecule has 3 nitrogen and oxygen atoms in total. The van der Waals surface area contributed by atoms with Crippen LogP contribution in [0, 0.1) is 13.8 Å². The molecule has 2 aromatic carbocycles. The maximum Gasteiger partial charge on any atom is 0.173 e. The molecule has 1 N–H and O–H groups in total. The molecule has 1 fully saturated rings. The summed E-state index contributed by atoms with van der Waals surface area (Å²) in [4.78, 5) is 4.60. The van der Waals surface area contributed by atoms with Crippen LogP contribution in [0.1, 0.15) is 11.1 Å². The molecular weight excluding hydrogens is 373 g/mol. The van der Waals surface area contributed by atoms with E-state index < -0.39 is 0 Å². The second kappa shape index (κ2) is 7.81. The van der Waals surface area contributed by atoms with Crippen LogP contribution in [0.25, 0.3) is 0 Å². The SMILES string of the molecule is Cc1cccc(N2CCN(C(=S)Nc3cccc(Cl)c3Cl)CC2)c1C. The summed E-state index contributed by atoms with van der Waals surface area (Å²) in [6.45, 7) is 7.97. The summed E-state index contributed by atoms with van der Waals surface area (Å²) in [5.41, 5.74) is 4.74. The topological polar surface area (TPSA) is 18.5 Å². The average Bonchev–Trinajstić information content (AvgIpc) is 2.61. The van der Waals surface area contributed by atoms with Gasteiger partial charge in [0.2, 0.25) is 0 Å². The lowest BCUT2D eigenvalue weighted by Gasteiger charge is -2.38. The van der Waals surface area contributed by atoms with Crippen LogP contribution < -0.4 is 10.2 Å². The minimum absolute atomic E-state index is 0.500. The van der Waals surface area contributed by atoms with Crippen LogP contribution in [0.15, 0.2) is 36.4 Å². The Labute approximate surface area is 164 Å². The van der Waals surface area contributed by atoms with Crippen LogP contribution in [0.4, 0.5) is 11.4 Å². The number of benzene rings is 2. The first-order valence-electron chi connectivity index (χ1n) is 8.28. The zero-order valence-corrected chi connectivity index (χ0v) is 16.7. The van der Waals surface area contributed by atoms with E-state index in [-0.39, 0.29) is 0 Å². The zero-order valence-electron chi connectivity index (χ0n) is 14.4. The predicted molar refractivity (Wildman–Crippen MR) is 112 cm³/mol. The molecule has 6 heteroatoms. The Morgan fingerprint density at radius 2 is 1.68 bits per heavy atom. The third-order valence-corrected chi connectivity index (χ3v) is 5.86. The molecule has 0 radical (unpaired) electrons. The number of hydrogen-bond donors (Lipinski definition) is 1. The molecule has 0 aromatic heterocycles. The van der Waals surface area contributed by atoms with Crippen LogP contribution >= 0.6 is 35.4 Å². The standard InChI is InChI=1S/C19H21Cl2N3S/c1-13-5-3-8-17(14(13)2)23-9-11-24(12-10-23)19(25)22-16-7-4-6-15(20)18(16)21/h3-8H,9-12H2,1-2H3,(H,22,25). The maximum atomic E-state index is 6.23. The fraction of sp³-hybridized carbons (Fsp3) is 0.316. The summed E-state index contributed by atoms with van der Waals surface area (Å²) >= 11 is 17.8. The highest BCUT2D eigenvalue weighted by Crippen LogP contribution is 2.30. The molecule has 0 aliphatic carbocycles. The number of piperazine rings is 1. The highest BCUT2D eigenvalue weighted by molar-refractivity contribution is 7.80. The van der Waals surface area contributed by atoms with Gasteiger partial charge in [-0.05, 0) is 55.4 Å². The summed E-state index contributed by atoms with van der Waals surface area (Å²) in [6.07, 6.45) is 0. The Morgan fingerprint density at radius 3 is 2.40 bits per heavy atom. The number of rotatable bonds is 2. The van der Waals surface area contributed by atoms with Gasteiger partial charge in [0, 0.05) is 31.9 Å². The van der Waals surface area contributed by atoms with E-state index in [4.69, 9.17) is 35.4 Å². The summed E-state index contributed by atoms with van der Waals surface area (Å²) in [5, 5.41) is 4.93.